The molecule has 1 aromatic carbocycles. The number of aromatic nitrogens is 2. The molecule has 0 radical (unpaired) electrons. The number of carbonyl (C=O) groups excluding carboxylic acids is 1. The predicted octanol–water partition coefficient (Wildman–Crippen LogP) is 2.71. The first-order chi connectivity index (χ1) is 9.41. The van der Waals surface area contributed by atoms with Crippen molar-refractivity contribution in [1.82, 2.24) is 9.55 Å². The van der Waals surface area contributed by atoms with Gasteiger partial charge in [0, 0.05) is 0 Å². The molecule has 1 aromatic heterocycles. The predicted molar refractivity (Wildman–Crippen MR) is 69.5 cm³/mol. The molecule has 108 valence electrons. The Kier molecular flexibility index (Phi) is 4.08. The monoisotopic (exact) mass is 303 g/mol. The molecular formula is C12H12ClF2N3O2. The van der Waals surface area contributed by atoms with E-state index in [0.717, 1.165) is 6.07 Å². The zero-order valence-electron chi connectivity index (χ0n) is 10.6. The standard InChI is InChI=1S/C12H12ClF2N3O2/c1-6(13)11-17-8-3-2-7(14)9(15)10(8)18(11)4-5-20-12(16)19/h2-3,6H,4-5H2,1H3,(H2,16,19). The Morgan fingerprint density at radius 1 is 1.55 bits per heavy atom. The van der Waals surface area contributed by atoms with Crippen LogP contribution in [0.25, 0.3) is 11.0 Å². The summed E-state index contributed by atoms with van der Waals surface area (Å²) in [5.74, 6) is -1.64. The molecule has 20 heavy (non-hydrogen) atoms. The molecular weight excluding hydrogens is 292 g/mol. The van der Waals surface area contributed by atoms with E-state index >= 15 is 0 Å². The third kappa shape index (κ3) is 2.67. The SMILES string of the molecule is CC(Cl)c1nc2ccc(F)c(F)c2n1CCOC(N)=O. The number of nitrogens with two attached hydrogens (primary N) is 1. The highest BCUT2D eigenvalue weighted by Crippen LogP contribution is 2.27. The van der Waals surface area contributed by atoms with E-state index in [1.165, 1.54) is 10.6 Å². The van der Waals surface area contributed by atoms with Crippen molar-refractivity contribution in [2.75, 3.05) is 6.61 Å². The van der Waals surface area contributed by atoms with Crippen LogP contribution in [0.5, 0.6) is 0 Å². The molecule has 1 amide bonds. The lowest BCUT2D eigenvalue weighted by Gasteiger charge is -2.10. The Morgan fingerprint density at radius 3 is 2.85 bits per heavy atom. The zero-order valence-corrected chi connectivity index (χ0v) is 11.3. The molecule has 8 heteroatoms. The van der Waals surface area contributed by atoms with Crippen LogP contribution < -0.4 is 5.73 Å². The molecule has 0 spiro atoms. The number of alkyl halides is 1. The number of benzene rings is 1. The second-order valence-electron chi connectivity index (χ2n) is 4.13. The highest BCUT2D eigenvalue weighted by molar-refractivity contribution is 6.20. The maximum Gasteiger partial charge on any atom is 0.404 e. The molecule has 0 aliphatic carbocycles. The van der Waals surface area contributed by atoms with Crippen LogP contribution in [0, 0.1) is 11.6 Å². The Morgan fingerprint density at radius 2 is 2.25 bits per heavy atom. The molecule has 0 saturated heterocycles. The quantitative estimate of drug-likeness (QED) is 0.883. The number of amides is 1. The summed E-state index contributed by atoms with van der Waals surface area (Å²) >= 11 is 5.98. The summed E-state index contributed by atoms with van der Waals surface area (Å²) in [4.78, 5) is 14.7. The minimum Gasteiger partial charge on any atom is -0.448 e. The Hall–Kier alpha value is -1.89. The van der Waals surface area contributed by atoms with Gasteiger partial charge in [0.15, 0.2) is 11.6 Å². The van der Waals surface area contributed by atoms with Gasteiger partial charge in [-0.15, -0.1) is 11.6 Å². The van der Waals surface area contributed by atoms with Gasteiger partial charge in [0.2, 0.25) is 0 Å². The third-order valence-electron chi connectivity index (χ3n) is 2.74. The maximum atomic E-state index is 13.9. The van der Waals surface area contributed by atoms with Crippen LogP contribution in [0.2, 0.25) is 0 Å². The number of ether oxygens (including phenoxy) is 1. The molecule has 1 heterocycles. The number of nitrogens with zero attached hydrogens (tertiary/aromatic N) is 2. The van der Waals surface area contributed by atoms with Crippen molar-refractivity contribution in [3.05, 3.63) is 29.6 Å². The van der Waals surface area contributed by atoms with Gasteiger partial charge in [-0.05, 0) is 19.1 Å². The highest BCUT2D eigenvalue weighted by atomic mass is 35.5. The molecule has 0 fully saturated rings. The van der Waals surface area contributed by atoms with Gasteiger partial charge < -0.3 is 15.0 Å². The number of imidazole rings is 1. The molecule has 5 nitrogen and oxygen atoms in total. The first-order valence-electron chi connectivity index (χ1n) is 5.82. The zero-order chi connectivity index (χ0) is 14.9. The van der Waals surface area contributed by atoms with E-state index in [1.807, 2.05) is 0 Å². The van der Waals surface area contributed by atoms with Crippen LogP contribution in [-0.4, -0.2) is 22.3 Å². The highest BCUT2D eigenvalue weighted by Gasteiger charge is 2.20. The van der Waals surface area contributed by atoms with Crippen LogP contribution in [0.1, 0.15) is 18.1 Å². The van der Waals surface area contributed by atoms with E-state index in [0.29, 0.717) is 5.82 Å². The number of hydrogen-bond acceptors (Lipinski definition) is 3. The van der Waals surface area contributed by atoms with Crippen molar-refractivity contribution >= 4 is 28.7 Å². The summed E-state index contributed by atoms with van der Waals surface area (Å²) in [6.07, 6.45) is -0.943. The molecule has 0 aliphatic rings. The first-order valence-corrected chi connectivity index (χ1v) is 6.26. The van der Waals surface area contributed by atoms with Gasteiger partial charge in [-0.25, -0.2) is 18.6 Å². The lowest BCUT2D eigenvalue weighted by molar-refractivity contribution is 0.152. The fourth-order valence-electron chi connectivity index (χ4n) is 1.94. The molecule has 2 N–H and O–H groups in total. The fraction of sp³-hybridized carbons (Fsp3) is 0.333. The molecule has 1 unspecified atom stereocenters. The van der Waals surface area contributed by atoms with Crippen LogP contribution in [-0.2, 0) is 11.3 Å². The topological polar surface area (TPSA) is 70.1 Å². The van der Waals surface area contributed by atoms with Crippen LogP contribution >= 0.6 is 11.6 Å². The van der Waals surface area contributed by atoms with E-state index in [9.17, 15) is 13.6 Å². The molecule has 0 aliphatic heterocycles. The van der Waals surface area contributed by atoms with E-state index in [-0.39, 0.29) is 24.2 Å². The van der Waals surface area contributed by atoms with Crippen molar-refractivity contribution in [1.29, 1.82) is 0 Å². The normalized spacial score (nSPS) is 12.6. The Bertz CT molecular complexity index is 658. The minimum absolute atomic E-state index is 0.0134. The van der Waals surface area contributed by atoms with Gasteiger partial charge in [-0.3, -0.25) is 0 Å². The summed E-state index contributed by atoms with van der Waals surface area (Å²) in [5.41, 5.74) is 5.12. The average molecular weight is 304 g/mol. The summed E-state index contributed by atoms with van der Waals surface area (Å²) in [7, 11) is 0. The smallest absolute Gasteiger partial charge is 0.404 e. The van der Waals surface area contributed by atoms with Gasteiger partial charge in [0.1, 0.15) is 17.9 Å². The molecule has 2 aromatic rings. The molecule has 2 rings (SSSR count). The van der Waals surface area contributed by atoms with Crippen LogP contribution in [0.4, 0.5) is 13.6 Å². The van der Waals surface area contributed by atoms with Gasteiger partial charge >= 0.3 is 6.09 Å². The number of hydrogen-bond donors (Lipinski definition) is 1. The lowest BCUT2D eigenvalue weighted by Crippen LogP contribution is -2.18. The summed E-state index contributed by atoms with van der Waals surface area (Å²) in [6.45, 7) is 1.64. The average Bonchev–Trinajstić information content (AvgIpc) is 2.73. The van der Waals surface area contributed by atoms with Gasteiger partial charge in [0.05, 0.1) is 17.4 Å². The van der Waals surface area contributed by atoms with Gasteiger partial charge in [-0.1, -0.05) is 0 Å². The van der Waals surface area contributed by atoms with Crippen molar-refractivity contribution < 1.29 is 18.3 Å². The molecule has 1 atom stereocenters. The summed E-state index contributed by atoms with van der Waals surface area (Å²) in [5, 5.41) is -0.515. The molecule has 0 saturated carbocycles. The van der Waals surface area contributed by atoms with Crippen molar-refractivity contribution in [2.24, 2.45) is 5.73 Å². The van der Waals surface area contributed by atoms with Crippen molar-refractivity contribution in [3.63, 3.8) is 0 Å². The van der Waals surface area contributed by atoms with E-state index in [2.05, 4.69) is 9.72 Å². The summed E-state index contributed by atoms with van der Waals surface area (Å²) in [6, 6.07) is 2.36. The molecule has 0 bridgehead atoms. The lowest BCUT2D eigenvalue weighted by atomic mass is 10.3. The number of fused-ring (bicyclic) bond motifs is 1. The number of rotatable bonds is 4. The second kappa shape index (κ2) is 5.62. The van der Waals surface area contributed by atoms with Crippen LogP contribution in [0.15, 0.2) is 12.1 Å². The third-order valence-corrected chi connectivity index (χ3v) is 2.94. The largest absolute Gasteiger partial charge is 0.448 e. The number of halogens is 3. The summed E-state index contributed by atoms with van der Waals surface area (Å²) < 4.78 is 33.2. The maximum absolute atomic E-state index is 13.9. The van der Waals surface area contributed by atoms with Crippen molar-refractivity contribution in [3.8, 4) is 0 Å². The van der Waals surface area contributed by atoms with Crippen molar-refractivity contribution in [2.45, 2.75) is 18.8 Å². The first kappa shape index (κ1) is 14.5. The van der Waals surface area contributed by atoms with Gasteiger partial charge in [0.25, 0.3) is 0 Å². The minimum atomic E-state index is -1.02. The fourth-order valence-corrected chi connectivity index (χ4v) is 2.11. The second-order valence-corrected chi connectivity index (χ2v) is 4.79. The Balaban J connectivity index is 2.49. The van der Waals surface area contributed by atoms with E-state index in [1.54, 1.807) is 6.92 Å². The number of carbonyl (C=O) groups is 1. The van der Waals surface area contributed by atoms with E-state index < -0.39 is 23.1 Å². The Labute approximate surface area is 118 Å². The van der Waals surface area contributed by atoms with Gasteiger partial charge in [-0.2, -0.15) is 0 Å². The number of primary amides is 1. The van der Waals surface area contributed by atoms with E-state index in [4.69, 9.17) is 17.3 Å². The van der Waals surface area contributed by atoms with Crippen LogP contribution in [0.3, 0.4) is 0 Å².